The second-order valence-electron chi connectivity index (χ2n) is 28.0. The van der Waals surface area contributed by atoms with Crippen LogP contribution in [0.15, 0.2) is 292 Å². The molecular formula is C98H112N8OPPt-3. The minimum atomic E-state index is -0.109. The van der Waals surface area contributed by atoms with Crippen molar-refractivity contribution in [2.75, 3.05) is 7.11 Å². The molecule has 2 saturated carbocycles. The number of imidazole rings is 2. The molecule has 0 saturated heterocycles. The van der Waals surface area contributed by atoms with E-state index in [1.807, 2.05) is 90.6 Å². The minimum Gasteiger partial charge on any atom is -0.495 e. The van der Waals surface area contributed by atoms with Crippen LogP contribution in [0.25, 0.3) is 66.8 Å². The SMILES string of the molecule is COc1ccccc1-n1cccc1P(C1CCCCC1)C1CCCCC1.Cc1cc(C)c(-n2ccnc2C)c(C)c1.Cc1cc2ccccc2n1-c1ccccc1.Cc1cccn1-c1cccc2ccccc12.Cc1cccn1-c1ccccc1.[CH2-]CCC.[CH2-]CCC.[Pt].[c-]1nc2ccccc2n1-c1ccccc1. The van der Waals surface area contributed by atoms with Gasteiger partial charge in [0.25, 0.3) is 0 Å². The zero-order valence-electron chi connectivity index (χ0n) is 65.9. The number of hydrogen-bond acceptors (Lipinski definition) is 3. The Kier molecular flexibility index (Phi) is 33.2. The summed E-state index contributed by atoms with van der Waals surface area (Å²) in [5.41, 5.74) is 21.7. The summed E-state index contributed by atoms with van der Waals surface area (Å²) in [7, 11) is 1.68. The standard InChI is InChI=1S/C23H32NOP.2C15H13N.C13H9N2.C13H16N2.C11H11N.2C4H9.Pt/c1-25-22-16-9-8-15-21(22)24-18-10-17-23(24)26(19-11-4-2-5-12-19)20-13-6-3-7-14-20;1-12-6-5-11-16(12)15-10-4-8-13-7-2-3-9-14(13)15;1-12-11-13-7-5-6-10-15(13)16(12)14-8-3-2-4-9-14;1-2-6-11(7-3-1)15-10-14-12-8-4-5-9-13(12)15;1-9-7-10(2)13(11(3)8-9)15-6-5-14-12(15)4;1-10-6-5-9-12(10)11-7-3-2-4-8-11;2*1-3-4-2;/h8-10,15-20H,2-7,11-14H2,1H3;2*2-11H,1H3;1-9H;5-8H,1-4H3;2-9H,1H3;2*1,3-4H2,2H3;/q;;;-1;;;2*-1;. The monoisotopic (exact) mass is 1640 g/mol. The molecule has 109 heavy (non-hydrogen) atoms. The molecular weight excluding hydrogens is 1530 g/mol. The normalized spacial score (nSPS) is 12.5. The molecule has 6 heterocycles. The maximum absolute atomic E-state index is 5.68. The smallest absolute Gasteiger partial charge is 0.142 e. The zero-order valence-corrected chi connectivity index (χ0v) is 69.1. The van der Waals surface area contributed by atoms with Gasteiger partial charge in [0.15, 0.2) is 0 Å². The van der Waals surface area contributed by atoms with Crippen LogP contribution in [0.2, 0.25) is 0 Å². The number of aryl methyl sites for hydroxylation is 7. The van der Waals surface area contributed by atoms with Crippen LogP contribution in [0.3, 0.4) is 0 Å². The van der Waals surface area contributed by atoms with Crippen molar-refractivity contribution >= 4 is 46.1 Å². The van der Waals surface area contributed by atoms with E-state index in [0.29, 0.717) is 0 Å². The van der Waals surface area contributed by atoms with Crippen molar-refractivity contribution < 1.29 is 25.8 Å². The summed E-state index contributed by atoms with van der Waals surface area (Å²) in [6, 6.07) is 90.5. The van der Waals surface area contributed by atoms with E-state index < -0.39 is 0 Å². The molecule has 2 aliphatic carbocycles. The van der Waals surface area contributed by atoms with Crippen LogP contribution in [0.5, 0.6) is 5.75 Å². The van der Waals surface area contributed by atoms with Gasteiger partial charge >= 0.3 is 0 Å². The van der Waals surface area contributed by atoms with Gasteiger partial charge in [0.2, 0.25) is 0 Å². The molecule has 0 aliphatic heterocycles. The number of unbranched alkanes of at least 4 members (excludes halogenated alkanes) is 2. The van der Waals surface area contributed by atoms with Gasteiger partial charge < -0.3 is 51.0 Å². The summed E-state index contributed by atoms with van der Waals surface area (Å²) in [4.78, 5) is 8.49. The number of nitrogens with zero attached hydrogens (tertiary/aromatic N) is 8. The average Bonchev–Trinajstić information content (AvgIpc) is 1.71. The number of rotatable bonds is 12. The van der Waals surface area contributed by atoms with Gasteiger partial charge in [-0.3, -0.25) is 0 Å². The van der Waals surface area contributed by atoms with Crippen LogP contribution >= 0.6 is 7.92 Å². The van der Waals surface area contributed by atoms with Crippen LogP contribution in [0, 0.1) is 68.6 Å². The first-order chi connectivity index (χ1) is 52.8. The number of methoxy groups -OCH3 is 1. The minimum absolute atomic E-state index is 0. The second kappa shape index (κ2) is 43.4. The van der Waals surface area contributed by atoms with E-state index in [0.717, 1.165) is 52.5 Å². The van der Waals surface area contributed by atoms with Crippen LogP contribution in [0.4, 0.5) is 0 Å². The molecule has 17 rings (SSSR count). The summed E-state index contributed by atoms with van der Waals surface area (Å²) in [5.74, 6) is 2.01. The molecule has 2 aliphatic rings. The number of benzene rings is 9. The molecule has 0 amide bonds. The summed E-state index contributed by atoms with van der Waals surface area (Å²) in [6.07, 6.45) is 32.3. The fourth-order valence-electron chi connectivity index (χ4n) is 14.6. The van der Waals surface area contributed by atoms with Crippen molar-refractivity contribution in [3.05, 3.63) is 352 Å². The number of hydrogen-bond donors (Lipinski definition) is 0. The second-order valence-corrected chi connectivity index (χ2v) is 30.7. The van der Waals surface area contributed by atoms with E-state index in [4.69, 9.17) is 4.74 Å². The largest absolute Gasteiger partial charge is 0.495 e. The van der Waals surface area contributed by atoms with Crippen molar-refractivity contribution in [2.45, 2.75) is 164 Å². The van der Waals surface area contributed by atoms with Gasteiger partial charge in [0.1, 0.15) is 11.6 Å². The summed E-state index contributed by atoms with van der Waals surface area (Å²) in [5, 5.41) is 3.88. The molecule has 0 bridgehead atoms. The summed E-state index contributed by atoms with van der Waals surface area (Å²) in [6.45, 7) is 26.3. The number of para-hydroxylation sites is 8. The van der Waals surface area contributed by atoms with Crippen molar-refractivity contribution in [1.29, 1.82) is 0 Å². The van der Waals surface area contributed by atoms with Crippen molar-refractivity contribution in [2.24, 2.45) is 0 Å². The predicted molar refractivity (Wildman–Crippen MR) is 462 cm³/mol. The van der Waals surface area contributed by atoms with Crippen LogP contribution in [0.1, 0.15) is 143 Å². The van der Waals surface area contributed by atoms with Crippen LogP contribution < -0.4 is 10.2 Å². The maximum atomic E-state index is 5.68. The quantitative estimate of drug-likeness (QED) is 0.0904. The van der Waals surface area contributed by atoms with Crippen molar-refractivity contribution in [1.82, 2.24) is 37.4 Å². The maximum Gasteiger partial charge on any atom is 0.142 e. The molecule has 15 aromatic rings. The van der Waals surface area contributed by atoms with Gasteiger partial charge in [0.05, 0.1) is 29.7 Å². The van der Waals surface area contributed by atoms with E-state index in [1.165, 1.54) is 161 Å². The molecule has 2 fully saturated rings. The number of fused-ring (bicyclic) bond motifs is 3. The van der Waals surface area contributed by atoms with Gasteiger partial charge in [-0.2, -0.15) is 12.8 Å². The van der Waals surface area contributed by atoms with Crippen LogP contribution in [-0.4, -0.2) is 55.8 Å². The molecule has 11 heteroatoms. The molecule has 568 valence electrons. The molecule has 0 unspecified atom stereocenters. The fraction of sp³-hybridized carbons (Fsp3) is 0.265. The zero-order chi connectivity index (χ0) is 76.0. The van der Waals surface area contributed by atoms with E-state index >= 15 is 0 Å². The van der Waals surface area contributed by atoms with Crippen molar-refractivity contribution in [3.63, 3.8) is 0 Å². The van der Waals surface area contributed by atoms with Gasteiger partial charge in [0, 0.05) is 103 Å². The first-order valence-corrected chi connectivity index (χ1v) is 40.4. The van der Waals surface area contributed by atoms with Gasteiger partial charge in [-0.25, -0.2) is 4.98 Å². The molecule has 0 spiro atoms. The molecule has 0 radical (unpaired) electrons. The Bertz CT molecular complexity index is 5050. The molecule has 0 N–H and O–H groups in total. The predicted octanol–water partition coefficient (Wildman–Crippen LogP) is 26.1. The van der Waals surface area contributed by atoms with E-state index in [9.17, 15) is 0 Å². The number of ether oxygens (including phenoxy) is 1. The third-order valence-corrected chi connectivity index (χ3v) is 23.5. The Morgan fingerprint density at radius 1 is 0.440 bits per heavy atom. The third kappa shape index (κ3) is 22.5. The Hall–Kier alpha value is -9.78. The first-order valence-electron chi connectivity index (χ1n) is 39.0. The Balaban J connectivity index is 0.000000150. The molecule has 9 aromatic carbocycles. The van der Waals surface area contributed by atoms with Gasteiger partial charge in [-0.1, -0.05) is 254 Å². The summed E-state index contributed by atoms with van der Waals surface area (Å²) < 4.78 is 18.9. The topological polar surface area (TPSA) is 64.6 Å². The van der Waals surface area contributed by atoms with Crippen LogP contribution in [-0.2, 0) is 21.1 Å². The Labute approximate surface area is 666 Å². The van der Waals surface area contributed by atoms with Gasteiger partial charge in [-0.15, -0.1) is 0 Å². The Morgan fingerprint density at radius 2 is 0.927 bits per heavy atom. The first kappa shape index (κ1) is 83.3. The average molecular weight is 1640 g/mol. The molecule has 6 aromatic heterocycles. The van der Waals surface area contributed by atoms with Gasteiger partial charge in [-0.05, 0) is 204 Å². The molecule has 0 atom stereocenters. The van der Waals surface area contributed by atoms with E-state index in [1.54, 1.807) is 12.5 Å². The fourth-order valence-corrected chi connectivity index (χ4v) is 18.4. The van der Waals surface area contributed by atoms with Crippen molar-refractivity contribution in [3.8, 4) is 39.9 Å². The molecule has 9 nitrogen and oxygen atoms in total. The van der Waals surface area contributed by atoms with E-state index in [2.05, 4.69) is 321 Å². The summed E-state index contributed by atoms with van der Waals surface area (Å²) >= 11 is 0. The Morgan fingerprint density at radius 3 is 1.50 bits per heavy atom. The van der Waals surface area contributed by atoms with E-state index in [-0.39, 0.29) is 29.0 Å². The number of aromatic nitrogens is 8. The third-order valence-electron chi connectivity index (χ3n) is 20.0.